The van der Waals surface area contributed by atoms with Gasteiger partial charge < -0.3 is 9.84 Å². The zero-order valence-electron chi connectivity index (χ0n) is 9.08. The minimum absolute atomic E-state index is 0.0597. The molecule has 0 saturated carbocycles. The Morgan fingerprint density at radius 2 is 1.76 bits per heavy atom. The lowest BCUT2D eigenvalue weighted by Gasteiger charge is -2.07. The summed E-state index contributed by atoms with van der Waals surface area (Å²) in [4.78, 5) is 0. The van der Waals surface area contributed by atoms with E-state index in [4.69, 9.17) is 16.3 Å². The third-order valence-corrected chi connectivity index (χ3v) is 2.72. The number of methoxy groups -OCH3 is 1. The number of aromatic hydroxyl groups is 1. The maximum Gasteiger partial charge on any atom is 0.161 e. The molecule has 0 spiro atoms. The van der Waals surface area contributed by atoms with Gasteiger partial charge in [0, 0.05) is 0 Å². The van der Waals surface area contributed by atoms with Gasteiger partial charge in [-0.1, -0.05) is 23.7 Å². The van der Waals surface area contributed by atoms with E-state index in [2.05, 4.69) is 0 Å². The molecule has 88 valence electrons. The number of halogens is 2. The summed E-state index contributed by atoms with van der Waals surface area (Å²) in [6.07, 6.45) is 0. The van der Waals surface area contributed by atoms with Crippen molar-refractivity contribution in [2.75, 3.05) is 7.11 Å². The summed E-state index contributed by atoms with van der Waals surface area (Å²) in [5, 5.41) is 9.53. The minimum Gasteiger partial charge on any atom is -0.504 e. The largest absolute Gasteiger partial charge is 0.504 e. The van der Waals surface area contributed by atoms with E-state index in [-0.39, 0.29) is 10.8 Å². The molecule has 0 saturated heterocycles. The van der Waals surface area contributed by atoms with Crippen LogP contribution in [0.15, 0.2) is 36.4 Å². The molecule has 0 atom stereocenters. The van der Waals surface area contributed by atoms with Crippen LogP contribution >= 0.6 is 11.6 Å². The van der Waals surface area contributed by atoms with E-state index in [0.717, 1.165) is 11.1 Å². The average Bonchev–Trinajstić information content (AvgIpc) is 2.33. The molecule has 0 fully saturated rings. The highest BCUT2D eigenvalue weighted by atomic mass is 35.5. The van der Waals surface area contributed by atoms with Crippen molar-refractivity contribution >= 4 is 11.6 Å². The molecule has 2 rings (SSSR count). The van der Waals surface area contributed by atoms with E-state index in [0.29, 0.717) is 5.75 Å². The van der Waals surface area contributed by atoms with Gasteiger partial charge in [0.25, 0.3) is 0 Å². The number of phenols is 1. The first-order valence-electron chi connectivity index (χ1n) is 4.94. The summed E-state index contributed by atoms with van der Waals surface area (Å²) in [5.41, 5.74) is 1.55. The van der Waals surface area contributed by atoms with E-state index >= 15 is 0 Å². The summed E-state index contributed by atoms with van der Waals surface area (Å²) in [6.45, 7) is 0. The van der Waals surface area contributed by atoms with Gasteiger partial charge in [-0.05, 0) is 35.4 Å². The van der Waals surface area contributed by atoms with Crippen LogP contribution in [0.3, 0.4) is 0 Å². The van der Waals surface area contributed by atoms with Crippen LogP contribution in [0.1, 0.15) is 0 Å². The van der Waals surface area contributed by atoms with Crippen LogP contribution in [0.5, 0.6) is 11.5 Å². The summed E-state index contributed by atoms with van der Waals surface area (Å²) in [6, 6.07) is 9.35. The molecule has 2 nitrogen and oxygen atoms in total. The first-order valence-corrected chi connectivity index (χ1v) is 5.32. The van der Waals surface area contributed by atoms with Gasteiger partial charge in [-0.15, -0.1) is 0 Å². The summed E-state index contributed by atoms with van der Waals surface area (Å²) in [5.74, 6) is -0.0337. The molecule has 17 heavy (non-hydrogen) atoms. The van der Waals surface area contributed by atoms with Crippen molar-refractivity contribution in [2.45, 2.75) is 0 Å². The van der Waals surface area contributed by atoms with Gasteiger partial charge in [0.1, 0.15) is 5.82 Å². The van der Waals surface area contributed by atoms with Gasteiger partial charge in [0.05, 0.1) is 12.1 Å². The standard InChI is InChI=1S/C13H10ClFO2/c1-17-13-7-9(3-5-12(13)16)8-2-4-11(15)10(14)6-8/h2-7,16H,1H3. The molecule has 0 radical (unpaired) electrons. The molecule has 0 amide bonds. The molecule has 0 aliphatic carbocycles. The molecule has 0 bridgehead atoms. The predicted molar refractivity (Wildman–Crippen MR) is 65.1 cm³/mol. The van der Waals surface area contributed by atoms with Crippen molar-refractivity contribution in [3.8, 4) is 22.6 Å². The van der Waals surface area contributed by atoms with Crippen LogP contribution in [0.2, 0.25) is 5.02 Å². The fourth-order valence-corrected chi connectivity index (χ4v) is 1.71. The lowest BCUT2D eigenvalue weighted by atomic mass is 10.1. The normalized spacial score (nSPS) is 10.3. The van der Waals surface area contributed by atoms with Crippen LogP contribution in [0.25, 0.3) is 11.1 Å². The first kappa shape index (κ1) is 11.7. The number of benzene rings is 2. The second-order valence-electron chi connectivity index (χ2n) is 3.52. The zero-order valence-corrected chi connectivity index (χ0v) is 9.83. The van der Waals surface area contributed by atoms with E-state index in [9.17, 15) is 9.50 Å². The monoisotopic (exact) mass is 252 g/mol. The van der Waals surface area contributed by atoms with Crippen LogP contribution in [-0.2, 0) is 0 Å². The van der Waals surface area contributed by atoms with E-state index in [1.807, 2.05) is 0 Å². The molecule has 0 aliphatic rings. The predicted octanol–water partition coefficient (Wildman–Crippen LogP) is 3.86. The minimum atomic E-state index is -0.457. The van der Waals surface area contributed by atoms with Gasteiger partial charge in [-0.25, -0.2) is 4.39 Å². The molecule has 4 heteroatoms. The zero-order chi connectivity index (χ0) is 12.4. The van der Waals surface area contributed by atoms with Crippen LogP contribution in [0, 0.1) is 5.82 Å². The molecule has 0 aliphatic heterocycles. The summed E-state index contributed by atoms with van der Waals surface area (Å²) in [7, 11) is 1.47. The number of rotatable bonds is 2. The van der Waals surface area contributed by atoms with E-state index in [1.54, 1.807) is 18.2 Å². The second-order valence-corrected chi connectivity index (χ2v) is 3.92. The van der Waals surface area contributed by atoms with Crippen molar-refractivity contribution in [2.24, 2.45) is 0 Å². The quantitative estimate of drug-likeness (QED) is 0.879. The van der Waals surface area contributed by atoms with Gasteiger partial charge in [0.15, 0.2) is 11.5 Å². The molecular weight excluding hydrogens is 243 g/mol. The Kier molecular flexibility index (Phi) is 3.20. The fraction of sp³-hybridized carbons (Fsp3) is 0.0769. The Labute approximate surface area is 103 Å². The highest BCUT2D eigenvalue weighted by Gasteiger charge is 2.06. The SMILES string of the molecule is COc1cc(-c2ccc(F)c(Cl)c2)ccc1O. The maximum absolute atomic E-state index is 13.0. The van der Waals surface area contributed by atoms with Crippen LogP contribution in [-0.4, -0.2) is 12.2 Å². The second kappa shape index (κ2) is 4.63. The van der Waals surface area contributed by atoms with Crippen molar-refractivity contribution in [3.63, 3.8) is 0 Å². The molecule has 2 aromatic carbocycles. The van der Waals surface area contributed by atoms with Gasteiger partial charge >= 0.3 is 0 Å². The lowest BCUT2D eigenvalue weighted by Crippen LogP contribution is -1.86. The number of phenolic OH excluding ortho intramolecular Hbond substituents is 1. The van der Waals surface area contributed by atoms with Crippen LogP contribution < -0.4 is 4.74 Å². The number of hydrogen-bond donors (Lipinski definition) is 1. The molecule has 0 aromatic heterocycles. The lowest BCUT2D eigenvalue weighted by molar-refractivity contribution is 0.373. The topological polar surface area (TPSA) is 29.5 Å². The highest BCUT2D eigenvalue weighted by Crippen LogP contribution is 2.32. The maximum atomic E-state index is 13.0. The summed E-state index contributed by atoms with van der Waals surface area (Å²) >= 11 is 5.71. The molecule has 0 heterocycles. The van der Waals surface area contributed by atoms with Gasteiger partial charge in [-0.2, -0.15) is 0 Å². The molecule has 0 unspecified atom stereocenters. The highest BCUT2D eigenvalue weighted by molar-refractivity contribution is 6.31. The Morgan fingerprint density at radius 3 is 2.41 bits per heavy atom. The third-order valence-electron chi connectivity index (χ3n) is 2.43. The number of hydrogen-bond acceptors (Lipinski definition) is 2. The smallest absolute Gasteiger partial charge is 0.161 e. The summed E-state index contributed by atoms with van der Waals surface area (Å²) < 4.78 is 18.0. The number of ether oxygens (including phenoxy) is 1. The van der Waals surface area contributed by atoms with E-state index < -0.39 is 5.82 Å². The van der Waals surface area contributed by atoms with E-state index in [1.165, 1.54) is 25.3 Å². The Morgan fingerprint density at radius 1 is 1.12 bits per heavy atom. The molecular formula is C13H10ClFO2. The van der Waals surface area contributed by atoms with Gasteiger partial charge in [0.2, 0.25) is 0 Å². The van der Waals surface area contributed by atoms with Crippen molar-refractivity contribution in [3.05, 3.63) is 47.2 Å². The fourth-order valence-electron chi connectivity index (χ4n) is 1.53. The molecule has 2 aromatic rings. The third kappa shape index (κ3) is 2.34. The Bertz CT molecular complexity index is 555. The Hall–Kier alpha value is -1.74. The van der Waals surface area contributed by atoms with Crippen molar-refractivity contribution in [1.82, 2.24) is 0 Å². The van der Waals surface area contributed by atoms with Gasteiger partial charge in [-0.3, -0.25) is 0 Å². The average molecular weight is 253 g/mol. The first-order chi connectivity index (χ1) is 8.11. The van der Waals surface area contributed by atoms with Crippen molar-refractivity contribution in [1.29, 1.82) is 0 Å². The molecule has 1 N–H and O–H groups in total. The van der Waals surface area contributed by atoms with Crippen LogP contribution in [0.4, 0.5) is 4.39 Å². The van der Waals surface area contributed by atoms with Crippen molar-refractivity contribution < 1.29 is 14.2 Å². The Balaban J connectivity index is 2.49.